The highest BCUT2D eigenvalue weighted by molar-refractivity contribution is 6.31. The summed E-state index contributed by atoms with van der Waals surface area (Å²) < 4.78 is 10.4. The fourth-order valence-electron chi connectivity index (χ4n) is 1.81. The summed E-state index contributed by atoms with van der Waals surface area (Å²) in [6.45, 7) is 7.17. The van der Waals surface area contributed by atoms with Crippen LogP contribution in [0.1, 0.15) is 26.3 Å². The highest BCUT2D eigenvalue weighted by Crippen LogP contribution is 2.25. The van der Waals surface area contributed by atoms with Gasteiger partial charge in [0.1, 0.15) is 11.4 Å². The number of benzene rings is 1. The Kier molecular flexibility index (Phi) is 7.92. The number of ether oxygens (including phenoxy) is 2. The van der Waals surface area contributed by atoms with Crippen LogP contribution in [-0.4, -0.2) is 31.9 Å². The fourth-order valence-corrected chi connectivity index (χ4v) is 2.04. The van der Waals surface area contributed by atoms with Crippen molar-refractivity contribution in [3.05, 3.63) is 40.9 Å². The second kappa shape index (κ2) is 9.43. The first-order valence-electron chi connectivity index (χ1n) is 7.47. The number of amides is 1. The molecule has 128 valence electrons. The van der Waals surface area contributed by atoms with Crippen molar-refractivity contribution in [2.45, 2.75) is 32.9 Å². The van der Waals surface area contributed by atoms with Gasteiger partial charge in [0.25, 0.3) is 0 Å². The zero-order chi connectivity index (χ0) is 17.3. The minimum absolute atomic E-state index is 0.420. The van der Waals surface area contributed by atoms with Gasteiger partial charge in [-0.3, -0.25) is 0 Å². The maximum atomic E-state index is 11.4. The number of rotatable bonds is 7. The Bertz CT molecular complexity index is 539. The third kappa shape index (κ3) is 7.90. The molecule has 0 bridgehead atoms. The van der Waals surface area contributed by atoms with Gasteiger partial charge in [-0.25, -0.2) is 4.79 Å². The lowest BCUT2D eigenvalue weighted by molar-refractivity contribution is 0.0534. The van der Waals surface area contributed by atoms with Crippen LogP contribution >= 0.6 is 11.6 Å². The van der Waals surface area contributed by atoms with E-state index in [9.17, 15) is 4.79 Å². The molecule has 0 heterocycles. The number of carbonyl (C=O) groups is 1. The monoisotopic (exact) mass is 340 g/mol. The molecule has 0 atom stereocenters. The van der Waals surface area contributed by atoms with Gasteiger partial charge < -0.3 is 20.1 Å². The lowest BCUT2D eigenvalue weighted by Crippen LogP contribution is -2.32. The van der Waals surface area contributed by atoms with Crippen molar-refractivity contribution in [3.8, 4) is 5.75 Å². The van der Waals surface area contributed by atoms with E-state index in [0.717, 1.165) is 11.3 Å². The number of carbonyl (C=O) groups excluding carboxylic acids is 1. The molecule has 0 saturated heterocycles. The summed E-state index contributed by atoms with van der Waals surface area (Å²) in [6, 6.07) is 5.57. The van der Waals surface area contributed by atoms with Crippen LogP contribution in [0.25, 0.3) is 0 Å². The minimum Gasteiger partial charge on any atom is -0.496 e. The van der Waals surface area contributed by atoms with Crippen LogP contribution in [0.4, 0.5) is 4.79 Å². The van der Waals surface area contributed by atoms with Crippen molar-refractivity contribution in [1.82, 2.24) is 10.6 Å². The molecular weight excluding hydrogens is 316 g/mol. The van der Waals surface area contributed by atoms with Crippen molar-refractivity contribution in [2.75, 3.05) is 20.2 Å². The van der Waals surface area contributed by atoms with E-state index >= 15 is 0 Å². The third-order valence-corrected chi connectivity index (χ3v) is 3.14. The van der Waals surface area contributed by atoms with Gasteiger partial charge >= 0.3 is 6.09 Å². The molecule has 0 aromatic heterocycles. The first-order chi connectivity index (χ1) is 10.8. The summed E-state index contributed by atoms with van der Waals surface area (Å²) in [6.07, 6.45) is 3.37. The van der Waals surface area contributed by atoms with Crippen molar-refractivity contribution < 1.29 is 14.3 Å². The topological polar surface area (TPSA) is 59.6 Å². The van der Waals surface area contributed by atoms with Gasteiger partial charge in [0.15, 0.2) is 0 Å². The lowest BCUT2D eigenvalue weighted by Gasteiger charge is -2.19. The molecule has 0 spiro atoms. The molecule has 0 aliphatic rings. The molecule has 23 heavy (non-hydrogen) atoms. The van der Waals surface area contributed by atoms with Gasteiger partial charge in [-0.2, -0.15) is 0 Å². The van der Waals surface area contributed by atoms with Gasteiger partial charge in [-0.05, 0) is 32.9 Å². The second-order valence-corrected chi connectivity index (χ2v) is 6.31. The smallest absolute Gasteiger partial charge is 0.407 e. The molecule has 5 nitrogen and oxygen atoms in total. The molecule has 1 amide bonds. The van der Waals surface area contributed by atoms with Crippen molar-refractivity contribution in [2.24, 2.45) is 0 Å². The van der Waals surface area contributed by atoms with E-state index in [0.29, 0.717) is 24.7 Å². The van der Waals surface area contributed by atoms with E-state index < -0.39 is 11.7 Å². The van der Waals surface area contributed by atoms with E-state index in [1.54, 1.807) is 7.11 Å². The fraction of sp³-hybridized carbons (Fsp3) is 0.471. The molecule has 0 saturated carbocycles. The van der Waals surface area contributed by atoms with Crippen LogP contribution in [0, 0.1) is 0 Å². The zero-order valence-electron chi connectivity index (χ0n) is 14.1. The van der Waals surface area contributed by atoms with Crippen molar-refractivity contribution >= 4 is 17.7 Å². The predicted octanol–water partition coefficient (Wildman–Crippen LogP) is 3.52. The zero-order valence-corrected chi connectivity index (χ0v) is 14.9. The van der Waals surface area contributed by atoms with Gasteiger partial charge in [-0.15, -0.1) is 0 Å². The van der Waals surface area contributed by atoms with Crippen molar-refractivity contribution in [1.29, 1.82) is 0 Å². The Morgan fingerprint density at radius 1 is 1.26 bits per heavy atom. The molecule has 0 unspecified atom stereocenters. The van der Waals surface area contributed by atoms with E-state index in [1.807, 2.05) is 51.1 Å². The molecule has 1 aromatic rings. The van der Waals surface area contributed by atoms with Gasteiger partial charge in [0, 0.05) is 30.2 Å². The average molecular weight is 341 g/mol. The molecule has 0 radical (unpaired) electrons. The number of alkyl carbamates (subject to hydrolysis) is 1. The van der Waals surface area contributed by atoms with E-state index in [1.165, 1.54) is 0 Å². The number of halogens is 1. The number of methoxy groups -OCH3 is 1. The largest absolute Gasteiger partial charge is 0.496 e. The van der Waals surface area contributed by atoms with Gasteiger partial charge in [0.2, 0.25) is 0 Å². The van der Waals surface area contributed by atoms with Crippen LogP contribution in [-0.2, 0) is 11.3 Å². The molecule has 0 aliphatic carbocycles. The minimum atomic E-state index is -0.483. The summed E-state index contributed by atoms with van der Waals surface area (Å²) in [5.74, 6) is 0.764. The van der Waals surface area contributed by atoms with Crippen molar-refractivity contribution in [3.63, 3.8) is 0 Å². The Balaban J connectivity index is 2.27. The Hall–Kier alpha value is -1.72. The molecule has 1 aromatic carbocycles. The van der Waals surface area contributed by atoms with E-state index in [4.69, 9.17) is 21.1 Å². The van der Waals surface area contributed by atoms with Crippen LogP contribution in [0.2, 0.25) is 5.02 Å². The Morgan fingerprint density at radius 2 is 1.96 bits per heavy atom. The maximum absolute atomic E-state index is 11.4. The molecule has 0 aliphatic heterocycles. The highest BCUT2D eigenvalue weighted by atomic mass is 35.5. The summed E-state index contributed by atoms with van der Waals surface area (Å²) in [4.78, 5) is 11.4. The van der Waals surface area contributed by atoms with Crippen LogP contribution in [0.15, 0.2) is 30.4 Å². The molecule has 2 N–H and O–H groups in total. The average Bonchev–Trinajstić information content (AvgIpc) is 2.45. The molecule has 0 fully saturated rings. The number of nitrogens with one attached hydrogen (secondary N) is 2. The second-order valence-electron chi connectivity index (χ2n) is 5.91. The SMILES string of the molecule is COc1cccc(Cl)c1CNC/C=C/CNC(=O)OC(C)(C)C. The van der Waals surface area contributed by atoms with E-state index in [-0.39, 0.29) is 0 Å². The van der Waals surface area contributed by atoms with Gasteiger partial charge in [-0.1, -0.05) is 29.8 Å². The lowest BCUT2D eigenvalue weighted by atomic mass is 10.2. The maximum Gasteiger partial charge on any atom is 0.407 e. The van der Waals surface area contributed by atoms with E-state index in [2.05, 4.69) is 10.6 Å². The normalized spacial score (nSPS) is 11.5. The Labute approximate surface area is 143 Å². The third-order valence-electron chi connectivity index (χ3n) is 2.79. The standard InChI is InChI=1S/C17H25ClN2O3/c1-17(2,3)23-16(21)20-11-6-5-10-19-12-13-14(18)8-7-9-15(13)22-4/h5-9,19H,10-12H2,1-4H3,(H,20,21)/b6-5+. The Morgan fingerprint density at radius 3 is 2.61 bits per heavy atom. The first kappa shape index (κ1) is 19.3. The van der Waals surface area contributed by atoms with Gasteiger partial charge in [0.05, 0.1) is 7.11 Å². The molecule has 1 rings (SSSR count). The summed E-state index contributed by atoms with van der Waals surface area (Å²) in [7, 11) is 1.62. The van der Waals surface area contributed by atoms with Crippen LogP contribution < -0.4 is 15.4 Å². The van der Waals surface area contributed by atoms with Crippen LogP contribution in [0.5, 0.6) is 5.75 Å². The number of hydrogen-bond donors (Lipinski definition) is 2. The number of hydrogen-bond acceptors (Lipinski definition) is 4. The predicted molar refractivity (Wildman–Crippen MR) is 93.1 cm³/mol. The summed E-state index contributed by atoms with van der Waals surface area (Å²) in [5.41, 5.74) is 0.445. The highest BCUT2D eigenvalue weighted by Gasteiger charge is 2.14. The van der Waals surface area contributed by atoms with Crippen LogP contribution in [0.3, 0.4) is 0 Å². The quantitative estimate of drug-likeness (QED) is 0.589. The molecular formula is C17H25ClN2O3. The summed E-state index contributed by atoms with van der Waals surface area (Å²) >= 11 is 6.16. The summed E-state index contributed by atoms with van der Waals surface area (Å²) in [5, 5.41) is 6.58. The molecule has 6 heteroatoms. The first-order valence-corrected chi connectivity index (χ1v) is 7.85.